The molecule has 0 aliphatic rings. The normalized spacial score (nSPS) is 11.6. The highest BCUT2D eigenvalue weighted by atomic mass is 35.5. The Labute approximate surface area is 141 Å². The Kier molecular flexibility index (Phi) is 5.60. The van der Waals surface area contributed by atoms with Gasteiger partial charge in [0, 0.05) is 0 Å². The minimum Gasteiger partial charge on any atom is -0.435 e. The summed E-state index contributed by atoms with van der Waals surface area (Å²) >= 11 is 6.11. The number of aryl methyl sites for hydroxylation is 1. The highest BCUT2D eigenvalue weighted by molar-refractivity contribution is 6.32. The van der Waals surface area contributed by atoms with E-state index in [0.29, 0.717) is 29.7 Å². The second-order valence-electron chi connectivity index (χ2n) is 6.68. The van der Waals surface area contributed by atoms with Gasteiger partial charge in [-0.3, -0.25) is 0 Å². The number of hydrogen-bond donors (Lipinski definition) is 0. The Morgan fingerprint density at radius 3 is 2.57 bits per heavy atom. The van der Waals surface area contributed by atoms with Crippen LogP contribution >= 0.6 is 11.6 Å². The van der Waals surface area contributed by atoms with Crippen molar-refractivity contribution in [2.45, 2.75) is 34.3 Å². The van der Waals surface area contributed by atoms with Gasteiger partial charge < -0.3 is 9.47 Å². The van der Waals surface area contributed by atoms with Crippen molar-refractivity contribution in [3.63, 3.8) is 0 Å². The van der Waals surface area contributed by atoms with Gasteiger partial charge in [0.2, 0.25) is 0 Å². The van der Waals surface area contributed by atoms with Gasteiger partial charge in [0.05, 0.1) is 23.9 Å². The van der Waals surface area contributed by atoms with Crippen molar-refractivity contribution in [3.8, 4) is 11.6 Å². The zero-order valence-electron chi connectivity index (χ0n) is 13.8. The molecule has 0 amide bonds. The molecule has 0 aliphatic carbocycles. The third-order valence-corrected chi connectivity index (χ3v) is 3.25. The molecule has 0 fully saturated rings. The Balaban J connectivity index is 2.11. The monoisotopic (exact) mass is 337 g/mol. The quantitative estimate of drug-likeness (QED) is 0.718. The van der Waals surface area contributed by atoms with Crippen LogP contribution in [0.3, 0.4) is 0 Å². The van der Waals surface area contributed by atoms with Crippen LogP contribution in [0.4, 0.5) is 4.39 Å². The first-order valence-corrected chi connectivity index (χ1v) is 7.79. The maximum Gasteiger partial charge on any atom is 0.256 e. The van der Waals surface area contributed by atoms with Crippen molar-refractivity contribution < 1.29 is 13.9 Å². The molecule has 0 bridgehead atoms. The molecule has 3 nitrogen and oxygen atoms in total. The van der Waals surface area contributed by atoms with Gasteiger partial charge in [0.1, 0.15) is 5.75 Å². The molecule has 0 saturated heterocycles. The van der Waals surface area contributed by atoms with Crippen molar-refractivity contribution in [2.75, 3.05) is 6.61 Å². The lowest BCUT2D eigenvalue weighted by molar-refractivity contribution is 0.0578. The van der Waals surface area contributed by atoms with E-state index in [1.54, 1.807) is 18.2 Å². The fourth-order valence-corrected chi connectivity index (χ4v) is 2.14. The summed E-state index contributed by atoms with van der Waals surface area (Å²) in [5, 5.41) is 0.417. The van der Waals surface area contributed by atoms with Crippen LogP contribution in [-0.4, -0.2) is 11.6 Å². The Morgan fingerprint density at radius 1 is 1.17 bits per heavy atom. The maximum absolute atomic E-state index is 13.9. The summed E-state index contributed by atoms with van der Waals surface area (Å²) in [4.78, 5) is 4.17. The summed E-state index contributed by atoms with van der Waals surface area (Å²) < 4.78 is 25.0. The highest BCUT2D eigenvalue weighted by Gasteiger charge is 2.13. The van der Waals surface area contributed by atoms with Gasteiger partial charge in [0.25, 0.3) is 5.88 Å². The van der Waals surface area contributed by atoms with Gasteiger partial charge >= 0.3 is 0 Å². The van der Waals surface area contributed by atoms with Crippen molar-refractivity contribution in [1.82, 2.24) is 4.98 Å². The van der Waals surface area contributed by atoms with E-state index >= 15 is 0 Å². The molecule has 0 N–H and O–H groups in total. The topological polar surface area (TPSA) is 31.4 Å². The Bertz CT molecular complexity index is 683. The first kappa shape index (κ1) is 17.7. The molecule has 2 rings (SSSR count). The van der Waals surface area contributed by atoms with E-state index in [0.717, 1.165) is 5.56 Å². The van der Waals surface area contributed by atoms with Crippen LogP contribution in [-0.2, 0) is 11.3 Å². The summed E-state index contributed by atoms with van der Waals surface area (Å²) in [6, 6.07) is 8.20. The fraction of sp³-hybridized carbons (Fsp3) is 0.389. The van der Waals surface area contributed by atoms with E-state index < -0.39 is 5.82 Å². The number of rotatable bonds is 5. The largest absolute Gasteiger partial charge is 0.435 e. The number of benzene rings is 1. The summed E-state index contributed by atoms with van der Waals surface area (Å²) in [6.45, 7) is 9.06. The highest BCUT2D eigenvalue weighted by Crippen LogP contribution is 2.30. The molecule has 0 radical (unpaired) electrons. The van der Waals surface area contributed by atoms with Gasteiger partial charge in [-0.15, -0.1) is 0 Å². The average Bonchev–Trinajstić information content (AvgIpc) is 2.44. The number of pyridine rings is 1. The van der Waals surface area contributed by atoms with E-state index in [1.165, 1.54) is 6.07 Å². The molecule has 2 aromatic rings. The molecular formula is C18H21ClFNO2. The van der Waals surface area contributed by atoms with Crippen LogP contribution in [0, 0.1) is 18.2 Å². The SMILES string of the molecule is Cc1ccc(Oc2nc(COCC(C)(C)C)ccc2F)c(Cl)c1. The zero-order chi connectivity index (χ0) is 17.0. The molecule has 0 unspecified atom stereocenters. The summed E-state index contributed by atoms with van der Waals surface area (Å²) in [5.41, 5.74) is 1.67. The van der Waals surface area contributed by atoms with E-state index in [1.807, 2.05) is 13.0 Å². The molecule has 23 heavy (non-hydrogen) atoms. The molecule has 1 aromatic carbocycles. The van der Waals surface area contributed by atoms with Gasteiger partial charge in [-0.2, -0.15) is 0 Å². The summed E-state index contributed by atoms with van der Waals surface area (Å²) in [5.74, 6) is -0.273. The first-order valence-electron chi connectivity index (χ1n) is 7.42. The third kappa shape index (κ3) is 5.48. The predicted octanol–water partition coefficient (Wildman–Crippen LogP) is 5.54. The molecule has 0 atom stereocenters. The van der Waals surface area contributed by atoms with Crippen molar-refractivity contribution >= 4 is 11.6 Å². The maximum atomic E-state index is 13.9. The summed E-state index contributed by atoms with van der Waals surface area (Å²) in [7, 11) is 0. The molecule has 0 spiro atoms. The molecule has 1 heterocycles. The van der Waals surface area contributed by atoms with Crippen molar-refractivity contribution in [2.24, 2.45) is 5.41 Å². The number of aromatic nitrogens is 1. The van der Waals surface area contributed by atoms with Crippen LogP contribution in [0.2, 0.25) is 5.02 Å². The number of halogens is 2. The molecule has 1 aromatic heterocycles. The van der Waals surface area contributed by atoms with Crippen molar-refractivity contribution in [3.05, 3.63) is 52.4 Å². The average molecular weight is 338 g/mol. The second kappa shape index (κ2) is 7.28. The van der Waals surface area contributed by atoms with Crippen LogP contribution < -0.4 is 4.74 Å². The molecule has 5 heteroatoms. The van der Waals surface area contributed by atoms with Crippen LogP contribution in [0.1, 0.15) is 32.0 Å². The van der Waals surface area contributed by atoms with E-state index in [9.17, 15) is 4.39 Å². The zero-order valence-corrected chi connectivity index (χ0v) is 14.6. The number of hydrogen-bond acceptors (Lipinski definition) is 3. The smallest absolute Gasteiger partial charge is 0.256 e. The van der Waals surface area contributed by atoms with Gasteiger partial charge in [-0.05, 0) is 42.2 Å². The number of ether oxygens (including phenoxy) is 2. The second-order valence-corrected chi connectivity index (χ2v) is 7.09. The first-order chi connectivity index (χ1) is 10.7. The van der Waals surface area contributed by atoms with Crippen LogP contribution in [0.15, 0.2) is 30.3 Å². The number of nitrogens with zero attached hydrogens (tertiary/aromatic N) is 1. The molecule has 0 aliphatic heterocycles. The van der Waals surface area contributed by atoms with Crippen LogP contribution in [0.25, 0.3) is 0 Å². The minimum atomic E-state index is -0.541. The minimum absolute atomic E-state index is 0.0643. The molecular weight excluding hydrogens is 317 g/mol. The van der Waals surface area contributed by atoms with Crippen LogP contribution in [0.5, 0.6) is 11.6 Å². The van der Waals surface area contributed by atoms with E-state index in [-0.39, 0.29) is 11.3 Å². The van der Waals surface area contributed by atoms with Crippen molar-refractivity contribution in [1.29, 1.82) is 0 Å². The third-order valence-electron chi connectivity index (χ3n) is 2.95. The Hall–Kier alpha value is -1.65. The van der Waals surface area contributed by atoms with Gasteiger partial charge in [-0.25, -0.2) is 9.37 Å². The molecule has 0 saturated carbocycles. The van der Waals surface area contributed by atoms with E-state index in [2.05, 4.69) is 25.8 Å². The van der Waals surface area contributed by atoms with E-state index in [4.69, 9.17) is 21.1 Å². The lowest BCUT2D eigenvalue weighted by atomic mass is 9.99. The van der Waals surface area contributed by atoms with Gasteiger partial charge in [0.15, 0.2) is 5.82 Å². The summed E-state index contributed by atoms with van der Waals surface area (Å²) in [6.07, 6.45) is 0. The van der Waals surface area contributed by atoms with Gasteiger partial charge in [-0.1, -0.05) is 38.4 Å². The lowest BCUT2D eigenvalue weighted by Crippen LogP contribution is -2.14. The predicted molar refractivity (Wildman–Crippen MR) is 89.6 cm³/mol. The lowest BCUT2D eigenvalue weighted by Gasteiger charge is -2.18. The molecule has 124 valence electrons. The Morgan fingerprint density at radius 2 is 1.91 bits per heavy atom. The fourth-order valence-electron chi connectivity index (χ4n) is 1.87. The standard InChI is InChI=1S/C18H21ClFNO2/c1-12-5-8-16(14(19)9-12)23-17-15(20)7-6-13(21-17)10-22-11-18(2,3)4/h5-9H,10-11H2,1-4H3.